The number of rotatable bonds is 6. The highest BCUT2D eigenvalue weighted by Gasteiger charge is 2.16. The summed E-state index contributed by atoms with van der Waals surface area (Å²) >= 11 is 0. The SMILES string of the molecule is CCOc1ncccc1C(=O)OCC(=O)NC(C)C. The molecule has 0 radical (unpaired) electrons. The van der Waals surface area contributed by atoms with Gasteiger partial charge < -0.3 is 14.8 Å². The minimum Gasteiger partial charge on any atom is -0.477 e. The van der Waals surface area contributed by atoms with Crippen molar-refractivity contribution in [2.45, 2.75) is 26.8 Å². The molecular formula is C13H18N2O4. The summed E-state index contributed by atoms with van der Waals surface area (Å²) in [4.78, 5) is 27.1. The zero-order valence-corrected chi connectivity index (χ0v) is 11.3. The molecule has 1 rings (SSSR count). The number of amides is 1. The van der Waals surface area contributed by atoms with Gasteiger partial charge in [-0.1, -0.05) is 0 Å². The molecule has 19 heavy (non-hydrogen) atoms. The Morgan fingerprint density at radius 2 is 2.16 bits per heavy atom. The van der Waals surface area contributed by atoms with Gasteiger partial charge in [-0.3, -0.25) is 4.79 Å². The van der Waals surface area contributed by atoms with E-state index in [1.54, 1.807) is 19.1 Å². The number of hydrogen-bond donors (Lipinski definition) is 1. The van der Waals surface area contributed by atoms with E-state index in [9.17, 15) is 9.59 Å². The number of nitrogens with one attached hydrogen (secondary N) is 1. The number of esters is 1. The van der Waals surface area contributed by atoms with Crippen LogP contribution in [0.3, 0.4) is 0 Å². The first-order chi connectivity index (χ1) is 9.04. The molecule has 0 bridgehead atoms. The molecule has 0 unspecified atom stereocenters. The number of aromatic nitrogens is 1. The van der Waals surface area contributed by atoms with E-state index in [2.05, 4.69) is 10.3 Å². The fraction of sp³-hybridized carbons (Fsp3) is 0.462. The lowest BCUT2D eigenvalue weighted by molar-refractivity contribution is -0.124. The van der Waals surface area contributed by atoms with Crippen molar-refractivity contribution >= 4 is 11.9 Å². The molecule has 0 aliphatic carbocycles. The second kappa shape index (κ2) is 7.35. The average Bonchev–Trinajstić information content (AvgIpc) is 2.36. The van der Waals surface area contributed by atoms with E-state index in [-0.39, 0.29) is 30.0 Å². The van der Waals surface area contributed by atoms with Gasteiger partial charge in [0.1, 0.15) is 5.56 Å². The molecule has 0 aromatic carbocycles. The molecule has 0 aliphatic rings. The molecule has 1 heterocycles. The van der Waals surface area contributed by atoms with E-state index in [0.29, 0.717) is 6.61 Å². The fourth-order valence-corrected chi connectivity index (χ4v) is 1.37. The van der Waals surface area contributed by atoms with Crippen LogP contribution in [0.25, 0.3) is 0 Å². The molecule has 1 aromatic rings. The highest BCUT2D eigenvalue weighted by atomic mass is 16.5. The van der Waals surface area contributed by atoms with Gasteiger partial charge >= 0.3 is 5.97 Å². The van der Waals surface area contributed by atoms with Crippen molar-refractivity contribution in [3.8, 4) is 5.88 Å². The first-order valence-electron chi connectivity index (χ1n) is 6.09. The first kappa shape index (κ1) is 14.9. The van der Waals surface area contributed by atoms with Crippen molar-refractivity contribution in [2.75, 3.05) is 13.2 Å². The highest BCUT2D eigenvalue weighted by Crippen LogP contribution is 2.15. The van der Waals surface area contributed by atoms with E-state index in [1.807, 2.05) is 13.8 Å². The number of nitrogens with zero attached hydrogens (tertiary/aromatic N) is 1. The van der Waals surface area contributed by atoms with Crippen LogP contribution in [0.5, 0.6) is 5.88 Å². The van der Waals surface area contributed by atoms with E-state index in [4.69, 9.17) is 9.47 Å². The monoisotopic (exact) mass is 266 g/mol. The third-order valence-corrected chi connectivity index (χ3v) is 2.06. The van der Waals surface area contributed by atoms with Crippen molar-refractivity contribution in [3.63, 3.8) is 0 Å². The maximum atomic E-state index is 11.8. The topological polar surface area (TPSA) is 77.5 Å². The van der Waals surface area contributed by atoms with Crippen molar-refractivity contribution in [1.82, 2.24) is 10.3 Å². The predicted molar refractivity (Wildman–Crippen MR) is 69.0 cm³/mol. The van der Waals surface area contributed by atoms with Crippen LogP contribution >= 0.6 is 0 Å². The van der Waals surface area contributed by atoms with Crippen molar-refractivity contribution in [2.24, 2.45) is 0 Å². The normalized spacial score (nSPS) is 10.1. The van der Waals surface area contributed by atoms with Gasteiger partial charge in [0.05, 0.1) is 6.61 Å². The Morgan fingerprint density at radius 3 is 2.79 bits per heavy atom. The van der Waals surface area contributed by atoms with Crippen molar-refractivity contribution in [3.05, 3.63) is 23.9 Å². The highest BCUT2D eigenvalue weighted by molar-refractivity contribution is 5.93. The molecule has 0 fully saturated rings. The minimum absolute atomic E-state index is 0.00331. The second-order valence-corrected chi connectivity index (χ2v) is 4.09. The fourth-order valence-electron chi connectivity index (χ4n) is 1.37. The molecule has 1 amide bonds. The quantitative estimate of drug-likeness (QED) is 0.782. The number of carbonyl (C=O) groups is 2. The molecule has 0 atom stereocenters. The zero-order chi connectivity index (χ0) is 14.3. The van der Waals surface area contributed by atoms with Gasteiger partial charge in [0.2, 0.25) is 5.88 Å². The molecule has 6 nitrogen and oxygen atoms in total. The summed E-state index contributed by atoms with van der Waals surface area (Å²) in [6.07, 6.45) is 1.52. The Kier molecular flexibility index (Phi) is 5.78. The van der Waals surface area contributed by atoms with Gasteiger partial charge in [0.15, 0.2) is 6.61 Å². The van der Waals surface area contributed by atoms with Crippen LogP contribution in [-0.2, 0) is 9.53 Å². The van der Waals surface area contributed by atoms with Crippen LogP contribution in [0.2, 0.25) is 0 Å². The van der Waals surface area contributed by atoms with Gasteiger partial charge in [-0.05, 0) is 32.9 Å². The maximum Gasteiger partial charge on any atom is 0.344 e. The predicted octanol–water partition coefficient (Wildman–Crippen LogP) is 1.16. The third kappa shape index (κ3) is 4.95. The van der Waals surface area contributed by atoms with Crippen molar-refractivity contribution in [1.29, 1.82) is 0 Å². The van der Waals surface area contributed by atoms with Crippen LogP contribution in [0.1, 0.15) is 31.1 Å². The first-order valence-corrected chi connectivity index (χ1v) is 6.09. The molecule has 0 aliphatic heterocycles. The Morgan fingerprint density at radius 1 is 1.42 bits per heavy atom. The van der Waals surface area contributed by atoms with E-state index >= 15 is 0 Å². The molecule has 0 spiro atoms. The van der Waals surface area contributed by atoms with E-state index < -0.39 is 5.97 Å². The Labute approximate surface area is 112 Å². The third-order valence-electron chi connectivity index (χ3n) is 2.06. The largest absolute Gasteiger partial charge is 0.477 e. The minimum atomic E-state index is -0.629. The van der Waals surface area contributed by atoms with Crippen molar-refractivity contribution < 1.29 is 19.1 Å². The number of ether oxygens (including phenoxy) is 2. The van der Waals surface area contributed by atoms with Crippen LogP contribution < -0.4 is 10.1 Å². The van der Waals surface area contributed by atoms with Gasteiger partial charge in [-0.25, -0.2) is 9.78 Å². The maximum absolute atomic E-state index is 11.8. The lowest BCUT2D eigenvalue weighted by Gasteiger charge is -2.10. The van der Waals surface area contributed by atoms with Gasteiger partial charge in [0.25, 0.3) is 5.91 Å². The van der Waals surface area contributed by atoms with Gasteiger partial charge in [0, 0.05) is 12.2 Å². The van der Waals surface area contributed by atoms with E-state index in [0.717, 1.165) is 0 Å². The average molecular weight is 266 g/mol. The Hall–Kier alpha value is -2.11. The molecule has 0 saturated carbocycles. The van der Waals surface area contributed by atoms with Crippen LogP contribution in [-0.4, -0.2) is 36.1 Å². The summed E-state index contributed by atoms with van der Waals surface area (Å²) in [5, 5.41) is 2.63. The Balaban J connectivity index is 2.61. The lowest BCUT2D eigenvalue weighted by Crippen LogP contribution is -2.34. The lowest BCUT2D eigenvalue weighted by atomic mass is 10.3. The van der Waals surface area contributed by atoms with Gasteiger partial charge in [-0.2, -0.15) is 0 Å². The van der Waals surface area contributed by atoms with Crippen LogP contribution in [0.15, 0.2) is 18.3 Å². The number of carbonyl (C=O) groups excluding carboxylic acids is 2. The summed E-state index contributed by atoms with van der Waals surface area (Å²) in [7, 11) is 0. The molecule has 6 heteroatoms. The summed E-state index contributed by atoms with van der Waals surface area (Å²) in [6, 6.07) is 3.15. The zero-order valence-electron chi connectivity index (χ0n) is 11.3. The molecule has 104 valence electrons. The molecule has 1 N–H and O–H groups in total. The molecular weight excluding hydrogens is 248 g/mol. The molecule has 0 saturated heterocycles. The molecule has 1 aromatic heterocycles. The summed E-state index contributed by atoms with van der Waals surface area (Å²) in [6.45, 7) is 5.52. The summed E-state index contributed by atoms with van der Waals surface area (Å²) < 4.78 is 10.1. The number of pyridine rings is 1. The summed E-state index contributed by atoms with van der Waals surface area (Å²) in [5.41, 5.74) is 0.210. The van der Waals surface area contributed by atoms with Crippen LogP contribution in [0.4, 0.5) is 0 Å². The standard InChI is InChI=1S/C13H18N2O4/c1-4-18-12-10(6-5-7-14-12)13(17)19-8-11(16)15-9(2)3/h5-7,9H,4,8H2,1-3H3,(H,15,16). The smallest absolute Gasteiger partial charge is 0.344 e. The van der Waals surface area contributed by atoms with E-state index in [1.165, 1.54) is 6.20 Å². The number of hydrogen-bond acceptors (Lipinski definition) is 5. The van der Waals surface area contributed by atoms with Gasteiger partial charge in [-0.15, -0.1) is 0 Å². The van der Waals surface area contributed by atoms with Crippen LogP contribution in [0, 0.1) is 0 Å². The Bertz CT molecular complexity index is 446. The second-order valence-electron chi connectivity index (χ2n) is 4.09. The summed E-state index contributed by atoms with van der Waals surface area (Å²) in [5.74, 6) is -0.764.